The molecule has 0 saturated carbocycles. The number of aromatic nitrogens is 2. The maximum Gasteiger partial charge on any atom is 0.252 e. The predicted molar refractivity (Wildman–Crippen MR) is 112 cm³/mol. The minimum absolute atomic E-state index is 0.0316. The Morgan fingerprint density at radius 2 is 2.04 bits per heavy atom. The van der Waals surface area contributed by atoms with Gasteiger partial charge in [0.05, 0.1) is 17.1 Å². The molecule has 3 N–H and O–H groups in total. The fourth-order valence-electron chi connectivity index (χ4n) is 3.06. The molecule has 1 unspecified atom stereocenters. The Hall–Kier alpha value is -2.67. The molecule has 28 heavy (non-hydrogen) atoms. The molecule has 0 bridgehead atoms. The number of carbonyl (C=O) groups is 2. The number of nitrogens with zero attached hydrogens (tertiary/aromatic N) is 1. The average Bonchev–Trinajstić information content (AvgIpc) is 3.33. The molecular formula is C21H26N4O2S. The van der Waals surface area contributed by atoms with Crippen molar-refractivity contribution in [2.75, 3.05) is 6.54 Å². The summed E-state index contributed by atoms with van der Waals surface area (Å²) in [6.07, 6.45) is 1.76. The van der Waals surface area contributed by atoms with Crippen LogP contribution in [0, 0.1) is 5.92 Å². The number of para-hydroxylation sites is 2. The van der Waals surface area contributed by atoms with Crippen LogP contribution < -0.4 is 10.6 Å². The summed E-state index contributed by atoms with van der Waals surface area (Å²) in [5, 5.41) is 9.62. The SMILES string of the molecule is CC(C)CC(NC(=O)CCCNC(=O)c1ccsc1)c1nc2ccccc2[nH]1. The lowest BCUT2D eigenvalue weighted by molar-refractivity contribution is -0.122. The molecule has 0 aliphatic carbocycles. The second-order valence-electron chi connectivity index (χ2n) is 7.26. The van der Waals surface area contributed by atoms with E-state index >= 15 is 0 Å². The van der Waals surface area contributed by atoms with E-state index < -0.39 is 0 Å². The lowest BCUT2D eigenvalue weighted by Gasteiger charge is -2.18. The first-order chi connectivity index (χ1) is 13.5. The molecule has 0 aliphatic rings. The number of rotatable bonds is 9. The quantitative estimate of drug-likeness (QED) is 0.476. The molecule has 6 nitrogen and oxygen atoms in total. The Morgan fingerprint density at radius 3 is 2.75 bits per heavy atom. The fourth-order valence-corrected chi connectivity index (χ4v) is 3.70. The van der Waals surface area contributed by atoms with Gasteiger partial charge in [0.15, 0.2) is 0 Å². The van der Waals surface area contributed by atoms with Gasteiger partial charge in [0.25, 0.3) is 5.91 Å². The third-order valence-electron chi connectivity index (χ3n) is 4.43. The summed E-state index contributed by atoms with van der Waals surface area (Å²) in [6.45, 7) is 4.73. The number of nitrogens with one attached hydrogen (secondary N) is 3. The van der Waals surface area contributed by atoms with Crippen molar-refractivity contribution >= 4 is 34.2 Å². The first-order valence-electron chi connectivity index (χ1n) is 9.57. The molecule has 3 rings (SSSR count). The van der Waals surface area contributed by atoms with E-state index in [2.05, 4.69) is 34.4 Å². The molecule has 3 aromatic rings. The minimum atomic E-state index is -0.153. The van der Waals surface area contributed by atoms with Crippen molar-refractivity contribution in [1.29, 1.82) is 0 Å². The van der Waals surface area contributed by atoms with Gasteiger partial charge in [0.1, 0.15) is 5.82 Å². The van der Waals surface area contributed by atoms with E-state index in [1.807, 2.05) is 35.0 Å². The van der Waals surface area contributed by atoms with Crippen LogP contribution in [0.15, 0.2) is 41.1 Å². The van der Waals surface area contributed by atoms with Crippen LogP contribution >= 0.6 is 11.3 Å². The number of thiophene rings is 1. The van der Waals surface area contributed by atoms with E-state index in [1.165, 1.54) is 11.3 Å². The topological polar surface area (TPSA) is 86.9 Å². The first kappa shape index (κ1) is 20.1. The molecule has 0 fully saturated rings. The molecule has 0 spiro atoms. The number of hydrogen-bond donors (Lipinski definition) is 3. The zero-order chi connectivity index (χ0) is 19.9. The molecule has 7 heteroatoms. The lowest BCUT2D eigenvalue weighted by atomic mass is 10.0. The number of fused-ring (bicyclic) bond motifs is 1. The zero-order valence-electron chi connectivity index (χ0n) is 16.2. The van der Waals surface area contributed by atoms with Crippen molar-refractivity contribution in [3.63, 3.8) is 0 Å². The Balaban J connectivity index is 1.52. The summed E-state index contributed by atoms with van der Waals surface area (Å²) >= 11 is 1.49. The maximum atomic E-state index is 12.4. The smallest absolute Gasteiger partial charge is 0.252 e. The molecule has 0 saturated heterocycles. The van der Waals surface area contributed by atoms with Crippen LogP contribution in [0.1, 0.15) is 55.3 Å². The zero-order valence-corrected chi connectivity index (χ0v) is 17.0. The van der Waals surface area contributed by atoms with Crippen molar-refractivity contribution in [1.82, 2.24) is 20.6 Å². The maximum absolute atomic E-state index is 12.4. The minimum Gasteiger partial charge on any atom is -0.352 e. The van der Waals surface area contributed by atoms with Crippen LogP contribution in [-0.2, 0) is 4.79 Å². The highest BCUT2D eigenvalue weighted by molar-refractivity contribution is 7.08. The molecule has 2 amide bonds. The van der Waals surface area contributed by atoms with E-state index in [4.69, 9.17) is 0 Å². The molecule has 2 aromatic heterocycles. The van der Waals surface area contributed by atoms with Crippen LogP contribution in [0.25, 0.3) is 11.0 Å². The molecule has 1 aromatic carbocycles. The molecular weight excluding hydrogens is 372 g/mol. The third kappa shape index (κ3) is 5.42. The summed E-state index contributed by atoms with van der Waals surface area (Å²) in [7, 11) is 0. The second kappa shape index (κ2) is 9.50. The van der Waals surface area contributed by atoms with Crippen molar-refractivity contribution in [2.24, 2.45) is 5.92 Å². The van der Waals surface area contributed by atoms with Crippen molar-refractivity contribution in [3.8, 4) is 0 Å². The van der Waals surface area contributed by atoms with Gasteiger partial charge in [-0.2, -0.15) is 11.3 Å². The van der Waals surface area contributed by atoms with E-state index in [-0.39, 0.29) is 17.9 Å². The average molecular weight is 399 g/mol. The van der Waals surface area contributed by atoms with Crippen LogP contribution in [0.4, 0.5) is 0 Å². The number of imidazole rings is 1. The number of carbonyl (C=O) groups excluding carboxylic acids is 2. The molecule has 1 atom stereocenters. The van der Waals surface area contributed by atoms with Gasteiger partial charge in [0, 0.05) is 23.9 Å². The Labute approximate surface area is 168 Å². The highest BCUT2D eigenvalue weighted by Crippen LogP contribution is 2.22. The van der Waals surface area contributed by atoms with E-state index in [0.29, 0.717) is 30.9 Å². The van der Waals surface area contributed by atoms with Gasteiger partial charge < -0.3 is 15.6 Å². The van der Waals surface area contributed by atoms with E-state index in [1.54, 1.807) is 6.07 Å². The van der Waals surface area contributed by atoms with E-state index in [9.17, 15) is 9.59 Å². The number of H-pyrrole nitrogens is 1. The number of amides is 2. The van der Waals surface area contributed by atoms with Crippen molar-refractivity contribution in [3.05, 3.63) is 52.5 Å². The van der Waals surface area contributed by atoms with Gasteiger partial charge in [-0.05, 0) is 42.3 Å². The first-order valence-corrected chi connectivity index (χ1v) is 10.5. The van der Waals surface area contributed by atoms with Gasteiger partial charge >= 0.3 is 0 Å². The number of aromatic amines is 1. The monoisotopic (exact) mass is 398 g/mol. The van der Waals surface area contributed by atoms with Crippen molar-refractivity contribution in [2.45, 2.75) is 39.2 Å². The van der Waals surface area contributed by atoms with Crippen molar-refractivity contribution < 1.29 is 9.59 Å². The molecule has 2 heterocycles. The van der Waals surface area contributed by atoms with E-state index in [0.717, 1.165) is 23.3 Å². The highest BCUT2D eigenvalue weighted by atomic mass is 32.1. The van der Waals surface area contributed by atoms with Crippen LogP contribution in [0.3, 0.4) is 0 Å². The summed E-state index contributed by atoms with van der Waals surface area (Å²) < 4.78 is 0. The highest BCUT2D eigenvalue weighted by Gasteiger charge is 2.19. The molecule has 0 radical (unpaired) electrons. The summed E-state index contributed by atoms with van der Waals surface area (Å²) in [5.74, 6) is 1.08. The van der Waals surface area contributed by atoms with Gasteiger partial charge in [-0.25, -0.2) is 4.98 Å². The standard InChI is InChI=1S/C21H26N4O2S/c1-14(2)12-18(20-24-16-6-3-4-7-17(16)25-20)23-19(26)8-5-10-22-21(27)15-9-11-28-13-15/h3-4,6-7,9,11,13-14,18H,5,8,10,12H2,1-2H3,(H,22,27)(H,23,26)(H,24,25). The lowest BCUT2D eigenvalue weighted by Crippen LogP contribution is -2.31. The predicted octanol–water partition coefficient (Wildman–Crippen LogP) is 4.04. The van der Waals surface area contributed by atoms with Gasteiger partial charge in [-0.1, -0.05) is 26.0 Å². The van der Waals surface area contributed by atoms with Gasteiger partial charge in [-0.15, -0.1) is 0 Å². The van der Waals surface area contributed by atoms with Gasteiger partial charge in [0.2, 0.25) is 5.91 Å². The third-order valence-corrected chi connectivity index (χ3v) is 5.11. The van der Waals surface area contributed by atoms with Crippen LogP contribution in [0.2, 0.25) is 0 Å². The summed E-state index contributed by atoms with van der Waals surface area (Å²) in [5.41, 5.74) is 2.53. The number of benzene rings is 1. The largest absolute Gasteiger partial charge is 0.352 e. The van der Waals surface area contributed by atoms with Crippen LogP contribution in [0.5, 0.6) is 0 Å². The molecule has 0 aliphatic heterocycles. The number of hydrogen-bond acceptors (Lipinski definition) is 4. The Bertz CT molecular complexity index is 885. The van der Waals surface area contributed by atoms with Gasteiger partial charge in [-0.3, -0.25) is 9.59 Å². The Kier molecular flexibility index (Phi) is 6.81. The molecule has 148 valence electrons. The van der Waals surface area contributed by atoms with Crippen LogP contribution in [-0.4, -0.2) is 28.3 Å². The second-order valence-corrected chi connectivity index (χ2v) is 8.04. The fraction of sp³-hybridized carbons (Fsp3) is 0.381. The Morgan fingerprint density at radius 1 is 1.21 bits per heavy atom. The normalized spacial score (nSPS) is 12.2. The summed E-state index contributed by atoms with van der Waals surface area (Å²) in [6, 6.07) is 9.49. The summed E-state index contributed by atoms with van der Waals surface area (Å²) in [4.78, 5) is 32.3.